The number of benzene rings is 1. The molecule has 0 amide bonds. The minimum atomic E-state index is -0.528. The molecule has 2 rings (SSSR count). The van der Waals surface area contributed by atoms with Crippen molar-refractivity contribution in [2.45, 2.75) is 13.0 Å². The van der Waals surface area contributed by atoms with Gasteiger partial charge < -0.3 is 10.1 Å². The van der Waals surface area contributed by atoms with Gasteiger partial charge in [-0.05, 0) is 40.4 Å². The lowest BCUT2D eigenvalue weighted by Crippen LogP contribution is -2.23. The molecule has 0 bridgehead atoms. The predicted octanol–water partition coefficient (Wildman–Crippen LogP) is 2.85. The number of nitrogens with one attached hydrogen (secondary N) is 1. The van der Waals surface area contributed by atoms with Crippen LogP contribution in [0.3, 0.4) is 0 Å². The molecule has 1 N–H and O–H groups in total. The van der Waals surface area contributed by atoms with Gasteiger partial charge in [0.05, 0.1) is 11.1 Å². The first-order chi connectivity index (χ1) is 8.18. The maximum absolute atomic E-state index is 13.6. The van der Waals surface area contributed by atoms with E-state index in [2.05, 4.69) is 21.2 Å². The zero-order valence-corrected chi connectivity index (χ0v) is 10.9. The third-order valence-corrected chi connectivity index (χ3v) is 3.51. The molecule has 0 spiro atoms. The Labute approximate surface area is 107 Å². The zero-order chi connectivity index (χ0) is 12.3. The number of hydrogen-bond acceptors (Lipinski definition) is 2. The lowest BCUT2D eigenvalue weighted by atomic mass is 10.1. The van der Waals surface area contributed by atoms with E-state index in [0.29, 0.717) is 10.4 Å². The summed E-state index contributed by atoms with van der Waals surface area (Å²) in [4.78, 5) is 0. The van der Waals surface area contributed by atoms with E-state index >= 15 is 0 Å². The van der Waals surface area contributed by atoms with Gasteiger partial charge in [0.15, 0.2) is 0 Å². The van der Waals surface area contributed by atoms with Gasteiger partial charge in [0, 0.05) is 25.3 Å². The number of ether oxygens (including phenoxy) is 1. The van der Waals surface area contributed by atoms with Crippen LogP contribution in [0.15, 0.2) is 16.6 Å². The summed E-state index contributed by atoms with van der Waals surface area (Å²) >= 11 is 3.05. The molecular weight excluding hydrogens is 292 g/mol. The molecule has 0 radical (unpaired) electrons. The molecule has 1 aromatic rings. The molecule has 1 fully saturated rings. The predicted molar refractivity (Wildman–Crippen MR) is 64.7 cm³/mol. The molecule has 0 aliphatic carbocycles. The Morgan fingerprint density at radius 3 is 2.94 bits per heavy atom. The van der Waals surface area contributed by atoms with Crippen molar-refractivity contribution in [1.29, 1.82) is 0 Å². The summed E-state index contributed by atoms with van der Waals surface area (Å²) in [6, 6.07) is 2.64. The first kappa shape index (κ1) is 12.9. The van der Waals surface area contributed by atoms with Gasteiger partial charge in [0.2, 0.25) is 0 Å². The maximum Gasteiger partial charge on any atom is 0.144 e. The standard InChI is InChI=1S/C12H14BrF2NO/c13-10-1-2-11(14)9(12(10)15)6-16-5-8-3-4-17-7-8/h1-2,8,16H,3-7H2. The van der Waals surface area contributed by atoms with Crippen molar-refractivity contribution in [2.24, 2.45) is 5.92 Å². The molecule has 1 unspecified atom stereocenters. The van der Waals surface area contributed by atoms with Crippen LogP contribution in [0.2, 0.25) is 0 Å². The van der Waals surface area contributed by atoms with Crippen molar-refractivity contribution in [3.63, 3.8) is 0 Å². The van der Waals surface area contributed by atoms with E-state index < -0.39 is 11.6 Å². The average molecular weight is 306 g/mol. The first-order valence-electron chi connectivity index (χ1n) is 5.59. The lowest BCUT2D eigenvalue weighted by Gasteiger charge is -2.11. The summed E-state index contributed by atoms with van der Waals surface area (Å²) < 4.78 is 32.5. The van der Waals surface area contributed by atoms with E-state index in [0.717, 1.165) is 26.2 Å². The molecule has 2 nitrogen and oxygen atoms in total. The summed E-state index contributed by atoms with van der Waals surface area (Å²) in [7, 11) is 0. The fourth-order valence-electron chi connectivity index (χ4n) is 1.88. The van der Waals surface area contributed by atoms with Crippen molar-refractivity contribution in [2.75, 3.05) is 19.8 Å². The number of halogens is 3. The maximum atomic E-state index is 13.6. The van der Waals surface area contributed by atoms with Gasteiger partial charge in [0.1, 0.15) is 11.6 Å². The van der Waals surface area contributed by atoms with E-state index in [9.17, 15) is 8.78 Å². The quantitative estimate of drug-likeness (QED) is 0.864. The molecule has 1 aromatic carbocycles. The van der Waals surface area contributed by atoms with Crippen LogP contribution < -0.4 is 5.32 Å². The highest BCUT2D eigenvalue weighted by Crippen LogP contribution is 2.21. The van der Waals surface area contributed by atoms with Crippen LogP contribution in [0.4, 0.5) is 8.78 Å². The Hall–Kier alpha value is -0.520. The fourth-order valence-corrected chi connectivity index (χ4v) is 2.25. The van der Waals surface area contributed by atoms with Crippen molar-refractivity contribution in [3.05, 3.63) is 33.8 Å². The van der Waals surface area contributed by atoms with Gasteiger partial charge in [-0.15, -0.1) is 0 Å². The van der Waals surface area contributed by atoms with Crippen LogP contribution in [0.1, 0.15) is 12.0 Å². The summed E-state index contributed by atoms with van der Waals surface area (Å²) in [6.07, 6.45) is 1.01. The molecule has 94 valence electrons. The van der Waals surface area contributed by atoms with Crippen LogP contribution in [0.5, 0.6) is 0 Å². The molecule has 0 aromatic heterocycles. The van der Waals surface area contributed by atoms with Crippen LogP contribution >= 0.6 is 15.9 Å². The van der Waals surface area contributed by atoms with Gasteiger partial charge in [-0.3, -0.25) is 0 Å². The lowest BCUT2D eigenvalue weighted by molar-refractivity contribution is 0.185. The van der Waals surface area contributed by atoms with Crippen LogP contribution in [0, 0.1) is 17.6 Å². The Morgan fingerprint density at radius 2 is 2.24 bits per heavy atom. The Morgan fingerprint density at radius 1 is 1.41 bits per heavy atom. The van der Waals surface area contributed by atoms with Gasteiger partial charge >= 0.3 is 0 Å². The molecule has 1 atom stereocenters. The Kier molecular flexibility index (Phi) is 4.48. The molecular formula is C12H14BrF2NO. The van der Waals surface area contributed by atoms with E-state index in [1.807, 2.05) is 0 Å². The highest BCUT2D eigenvalue weighted by molar-refractivity contribution is 9.10. The first-order valence-corrected chi connectivity index (χ1v) is 6.38. The Bertz CT molecular complexity index is 394. The van der Waals surface area contributed by atoms with E-state index in [4.69, 9.17) is 4.74 Å². The van der Waals surface area contributed by atoms with Crippen LogP contribution in [0.25, 0.3) is 0 Å². The van der Waals surface area contributed by atoms with Crippen LogP contribution in [-0.4, -0.2) is 19.8 Å². The number of rotatable bonds is 4. The summed E-state index contributed by atoms with van der Waals surface area (Å²) in [5.41, 5.74) is 0.0818. The third-order valence-electron chi connectivity index (χ3n) is 2.90. The Balaban J connectivity index is 1.91. The summed E-state index contributed by atoms with van der Waals surface area (Å²) in [5, 5.41) is 3.07. The second kappa shape index (κ2) is 5.89. The van der Waals surface area contributed by atoms with E-state index in [1.54, 1.807) is 0 Å². The van der Waals surface area contributed by atoms with Gasteiger partial charge in [-0.25, -0.2) is 8.78 Å². The molecule has 0 saturated carbocycles. The molecule has 1 heterocycles. The SMILES string of the molecule is Fc1ccc(Br)c(F)c1CNCC1CCOC1. The minimum Gasteiger partial charge on any atom is -0.381 e. The topological polar surface area (TPSA) is 21.3 Å². The third kappa shape index (κ3) is 3.24. The van der Waals surface area contributed by atoms with Gasteiger partial charge in [-0.1, -0.05) is 0 Å². The molecule has 1 aliphatic rings. The van der Waals surface area contributed by atoms with Crippen LogP contribution in [-0.2, 0) is 11.3 Å². The normalized spacial score (nSPS) is 19.8. The fraction of sp³-hybridized carbons (Fsp3) is 0.500. The summed E-state index contributed by atoms with van der Waals surface area (Å²) in [5.74, 6) is -0.589. The zero-order valence-electron chi connectivity index (χ0n) is 9.31. The van der Waals surface area contributed by atoms with E-state index in [1.165, 1.54) is 12.1 Å². The number of hydrogen-bond donors (Lipinski definition) is 1. The summed E-state index contributed by atoms with van der Waals surface area (Å²) in [6.45, 7) is 2.45. The average Bonchev–Trinajstić information content (AvgIpc) is 2.81. The van der Waals surface area contributed by atoms with Crippen molar-refractivity contribution in [3.8, 4) is 0 Å². The van der Waals surface area contributed by atoms with Gasteiger partial charge in [-0.2, -0.15) is 0 Å². The van der Waals surface area contributed by atoms with Gasteiger partial charge in [0.25, 0.3) is 0 Å². The molecule has 17 heavy (non-hydrogen) atoms. The van der Waals surface area contributed by atoms with Crippen molar-refractivity contribution < 1.29 is 13.5 Å². The highest BCUT2D eigenvalue weighted by Gasteiger charge is 2.16. The molecule has 1 aliphatic heterocycles. The molecule has 5 heteroatoms. The smallest absolute Gasteiger partial charge is 0.144 e. The second-order valence-electron chi connectivity index (χ2n) is 4.18. The monoisotopic (exact) mass is 305 g/mol. The van der Waals surface area contributed by atoms with Crippen molar-refractivity contribution >= 4 is 15.9 Å². The largest absolute Gasteiger partial charge is 0.381 e. The van der Waals surface area contributed by atoms with E-state index in [-0.39, 0.29) is 12.1 Å². The van der Waals surface area contributed by atoms with Crippen molar-refractivity contribution in [1.82, 2.24) is 5.32 Å². The minimum absolute atomic E-state index is 0.0818. The second-order valence-corrected chi connectivity index (χ2v) is 5.04. The molecule has 1 saturated heterocycles. The highest BCUT2D eigenvalue weighted by atomic mass is 79.9.